The first-order chi connectivity index (χ1) is 14.2. The van der Waals surface area contributed by atoms with Gasteiger partial charge in [-0.25, -0.2) is 9.50 Å². The molecule has 1 unspecified atom stereocenters. The molecule has 0 bridgehead atoms. The average Bonchev–Trinajstić information content (AvgIpc) is 3.34. The van der Waals surface area contributed by atoms with Gasteiger partial charge in [0.25, 0.3) is 0 Å². The number of rotatable bonds is 4. The molecule has 1 aliphatic heterocycles. The summed E-state index contributed by atoms with van der Waals surface area (Å²) < 4.78 is 1.88. The molecule has 0 aliphatic carbocycles. The highest BCUT2D eigenvalue weighted by Crippen LogP contribution is 2.29. The van der Waals surface area contributed by atoms with E-state index in [1.165, 1.54) is 5.56 Å². The Hall–Kier alpha value is -2.48. The number of benzene rings is 1. The van der Waals surface area contributed by atoms with Gasteiger partial charge in [-0.3, -0.25) is 9.88 Å². The molecule has 1 aromatic carbocycles. The SMILES string of the molecule is CC(c1cccnc1)N1CCN(c2nn3cc(-c4ccc(Cl)cc4)nc3s2)CC1. The van der Waals surface area contributed by atoms with E-state index in [9.17, 15) is 0 Å². The Morgan fingerprint density at radius 1 is 1.07 bits per heavy atom. The fraction of sp³-hybridized carbons (Fsp3) is 0.286. The Balaban J connectivity index is 1.27. The molecule has 1 saturated heterocycles. The lowest BCUT2D eigenvalue weighted by Crippen LogP contribution is -2.47. The van der Waals surface area contributed by atoms with E-state index in [4.69, 9.17) is 21.7 Å². The van der Waals surface area contributed by atoms with Crippen molar-refractivity contribution in [2.75, 3.05) is 31.1 Å². The molecule has 1 aliphatic rings. The van der Waals surface area contributed by atoms with Gasteiger partial charge in [0.1, 0.15) is 0 Å². The van der Waals surface area contributed by atoms with Crippen molar-refractivity contribution in [3.63, 3.8) is 0 Å². The van der Waals surface area contributed by atoms with Crippen molar-refractivity contribution in [2.24, 2.45) is 0 Å². The molecule has 148 valence electrons. The molecule has 4 heterocycles. The Morgan fingerprint density at radius 2 is 1.86 bits per heavy atom. The number of pyridine rings is 1. The van der Waals surface area contributed by atoms with Crippen molar-refractivity contribution < 1.29 is 0 Å². The van der Waals surface area contributed by atoms with Crippen LogP contribution < -0.4 is 4.90 Å². The minimum absolute atomic E-state index is 0.376. The number of piperazine rings is 1. The summed E-state index contributed by atoms with van der Waals surface area (Å²) in [7, 11) is 0. The molecule has 3 aromatic heterocycles. The number of hydrogen-bond acceptors (Lipinski definition) is 6. The minimum Gasteiger partial charge on any atom is -0.344 e. The van der Waals surface area contributed by atoms with Gasteiger partial charge in [-0.1, -0.05) is 41.1 Å². The van der Waals surface area contributed by atoms with Crippen molar-refractivity contribution >= 4 is 33.0 Å². The molecule has 4 aromatic rings. The summed E-state index contributed by atoms with van der Waals surface area (Å²) in [6.45, 7) is 6.20. The van der Waals surface area contributed by atoms with Crippen LogP contribution in [0.3, 0.4) is 0 Å². The van der Waals surface area contributed by atoms with Crippen molar-refractivity contribution in [2.45, 2.75) is 13.0 Å². The Kier molecular flexibility index (Phi) is 4.95. The largest absolute Gasteiger partial charge is 0.344 e. The molecular weight excluding hydrogens is 404 g/mol. The zero-order chi connectivity index (χ0) is 19.8. The Labute approximate surface area is 178 Å². The summed E-state index contributed by atoms with van der Waals surface area (Å²) in [5.41, 5.74) is 3.23. The van der Waals surface area contributed by atoms with Crippen LogP contribution in [0.2, 0.25) is 5.02 Å². The number of nitrogens with zero attached hydrogens (tertiary/aromatic N) is 6. The smallest absolute Gasteiger partial charge is 0.214 e. The molecule has 29 heavy (non-hydrogen) atoms. The van der Waals surface area contributed by atoms with E-state index in [0.29, 0.717) is 6.04 Å². The quantitative estimate of drug-likeness (QED) is 0.486. The third kappa shape index (κ3) is 3.73. The van der Waals surface area contributed by atoms with Gasteiger partial charge in [-0.2, -0.15) is 0 Å². The van der Waals surface area contributed by atoms with Gasteiger partial charge in [-0.15, -0.1) is 5.10 Å². The summed E-state index contributed by atoms with van der Waals surface area (Å²) in [6.07, 6.45) is 5.77. The molecule has 8 heteroatoms. The van der Waals surface area contributed by atoms with Gasteiger partial charge in [0.15, 0.2) is 0 Å². The van der Waals surface area contributed by atoms with Crippen molar-refractivity contribution in [1.29, 1.82) is 0 Å². The summed E-state index contributed by atoms with van der Waals surface area (Å²) in [4.78, 5) is 14.8. The number of hydrogen-bond donors (Lipinski definition) is 0. The van der Waals surface area contributed by atoms with Gasteiger partial charge in [0, 0.05) is 55.2 Å². The maximum atomic E-state index is 5.98. The number of halogens is 1. The molecule has 1 fully saturated rings. The van der Waals surface area contributed by atoms with E-state index >= 15 is 0 Å². The van der Waals surface area contributed by atoms with E-state index in [2.05, 4.69) is 27.8 Å². The van der Waals surface area contributed by atoms with Crippen LogP contribution in [0.15, 0.2) is 55.0 Å². The predicted octanol–water partition coefficient (Wildman–Crippen LogP) is 4.39. The van der Waals surface area contributed by atoms with E-state index in [0.717, 1.165) is 52.6 Å². The van der Waals surface area contributed by atoms with Crippen LogP contribution in [0.5, 0.6) is 0 Å². The third-order valence-electron chi connectivity index (χ3n) is 5.47. The first-order valence-electron chi connectivity index (χ1n) is 9.68. The van der Waals surface area contributed by atoms with Gasteiger partial charge < -0.3 is 4.90 Å². The average molecular weight is 425 g/mol. The summed E-state index contributed by atoms with van der Waals surface area (Å²) in [5, 5.41) is 6.53. The Morgan fingerprint density at radius 3 is 2.55 bits per heavy atom. The van der Waals surface area contributed by atoms with Crippen LogP contribution in [0.4, 0.5) is 5.13 Å². The molecule has 0 amide bonds. The zero-order valence-corrected chi connectivity index (χ0v) is 17.6. The van der Waals surface area contributed by atoms with E-state index < -0.39 is 0 Å². The molecule has 0 N–H and O–H groups in total. The highest BCUT2D eigenvalue weighted by Gasteiger charge is 2.24. The second-order valence-corrected chi connectivity index (χ2v) is 8.60. The molecule has 0 saturated carbocycles. The van der Waals surface area contributed by atoms with E-state index in [-0.39, 0.29) is 0 Å². The standard InChI is InChI=1S/C21H21ClN6S/c1-15(17-3-2-8-23-13-17)26-9-11-27(12-10-26)21-25-28-14-19(24-20(28)29-21)16-4-6-18(22)7-5-16/h2-8,13-15H,9-12H2,1H3. The molecule has 0 spiro atoms. The lowest BCUT2D eigenvalue weighted by atomic mass is 10.1. The highest BCUT2D eigenvalue weighted by atomic mass is 35.5. The zero-order valence-electron chi connectivity index (χ0n) is 16.1. The maximum Gasteiger partial charge on any atom is 0.214 e. The number of imidazole rings is 1. The van der Waals surface area contributed by atoms with Gasteiger partial charge in [0.2, 0.25) is 10.1 Å². The van der Waals surface area contributed by atoms with E-state index in [1.54, 1.807) is 11.3 Å². The van der Waals surface area contributed by atoms with Crippen LogP contribution in [0.25, 0.3) is 16.2 Å². The molecule has 1 atom stereocenters. The molecule has 6 nitrogen and oxygen atoms in total. The lowest BCUT2D eigenvalue weighted by molar-refractivity contribution is 0.198. The van der Waals surface area contributed by atoms with Crippen LogP contribution in [0.1, 0.15) is 18.5 Å². The minimum atomic E-state index is 0.376. The van der Waals surface area contributed by atoms with Gasteiger partial charge >= 0.3 is 0 Å². The fourth-order valence-corrected chi connectivity index (χ4v) is 4.77. The fourth-order valence-electron chi connectivity index (χ4n) is 3.71. The maximum absolute atomic E-state index is 5.98. The second kappa shape index (κ2) is 7.74. The summed E-state index contributed by atoms with van der Waals surface area (Å²) in [6, 6.07) is 12.3. The first kappa shape index (κ1) is 18.5. The van der Waals surface area contributed by atoms with Crippen LogP contribution in [-0.2, 0) is 0 Å². The summed E-state index contributed by atoms with van der Waals surface area (Å²) >= 11 is 7.62. The monoisotopic (exact) mass is 424 g/mol. The van der Waals surface area contributed by atoms with Crippen LogP contribution in [-0.4, -0.2) is 50.7 Å². The van der Waals surface area contributed by atoms with Crippen molar-refractivity contribution in [3.8, 4) is 11.3 Å². The van der Waals surface area contributed by atoms with Gasteiger partial charge in [0.05, 0.1) is 11.9 Å². The Bertz CT molecular complexity index is 1070. The number of fused-ring (bicyclic) bond motifs is 1. The van der Waals surface area contributed by atoms with E-state index in [1.807, 2.05) is 53.4 Å². The second-order valence-electron chi connectivity index (χ2n) is 7.23. The first-order valence-corrected chi connectivity index (χ1v) is 10.9. The van der Waals surface area contributed by atoms with Crippen LogP contribution >= 0.6 is 22.9 Å². The molecular formula is C21H21ClN6S. The van der Waals surface area contributed by atoms with Crippen LogP contribution in [0, 0.1) is 0 Å². The topological polar surface area (TPSA) is 49.6 Å². The molecule has 0 radical (unpaired) electrons. The van der Waals surface area contributed by atoms with Crippen molar-refractivity contribution in [1.82, 2.24) is 24.5 Å². The lowest BCUT2D eigenvalue weighted by Gasteiger charge is -2.37. The normalized spacial score (nSPS) is 16.4. The van der Waals surface area contributed by atoms with Crippen molar-refractivity contribution in [3.05, 3.63) is 65.6 Å². The van der Waals surface area contributed by atoms with Gasteiger partial charge in [-0.05, 0) is 30.7 Å². The molecule has 5 rings (SSSR count). The number of anilines is 1. The summed E-state index contributed by atoms with van der Waals surface area (Å²) in [5.74, 6) is 0. The predicted molar refractivity (Wildman–Crippen MR) is 118 cm³/mol. The third-order valence-corrected chi connectivity index (χ3v) is 6.71. The number of aromatic nitrogens is 4. The highest BCUT2D eigenvalue weighted by molar-refractivity contribution is 7.20.